The molecule has 0 saturated heterocycles. The van der Waals surface area contributed by atoms with Gasteiger partial charge in [0.05, 0.1) is 9.55 Å². The first-order valence-electron chi connectivity index (χ1n) is 8.00. The molecule has 2 aromatic carbocycles. The molecule has 2 aromatic rings. The Balaban J connectivity index is 2.03. The lowest BCUT2D eigenvalue weighted by Gasteiger charge is -2.38. The van der Waals surface area contributed by atoms with E-state index in [2.05, 4.69) is 0 Å². The van der Waals surface area contributed by atoms with Gasteiger partial charge in [0.25, 0.3) is 0 Å². The third kappa shape index (κ3) is 2.96. The highest BCUT2D eigenvalue weighted by Crippen LogP contribution is 2.51. The Morgan fingerprint density at radius 1 is 1.07 bits per heavy atom. The second kappa shape index (κ2) is 6.93. The summed E-state index contributed by atoms with van der Waals surface area (Å²) in [4.78, 5) is 23.8. The van der Waals surface area contributed by atoms with Crippen LogP contribution in [0, 0.1) is 9.49 Å². The van der Waals surface area contributed by atoms with Gasteiger partial charge in [-0.25, -0.2) is 0 Å². The Morgan fingerprint density at radius 3 is 2.56 bits per heavy atom. The zero-order valence-electron chi connectivity index (χ0n) is 13.6. The molecule has 0 bridgehead atoms. The van der Waals surface area contributed by atoms with Gasteiger partial charge in [-0.2, -0.15) is 0 Å². The van der Waals surface area contributed by atoms with Gasteiger partial charge < -0.3 is 19.7 Å². The van der Waals surface area contributed by atoms with Gasteiger partial charge in [-0.15, -0.1) is 0 Å². The summed E-state index contributed by atoms with van der Waals surface area (Å²) in [5, 5.41) is 23.8. The van der Waals surface area contributed by atoms with Crippen LogP contribution in [0.25, 0.3) is 0 Å². The van der Waals surface area contributed by atoms with Crippen molar-refractivity contribution in [1.82, 2.24) is 0 Å². The van der Waals surface area contributed by atoms with Gasteiger partial charge in [-0.3, -0.25) is 4.79 Å². The third-order valence-corrected chi connectivity index (χ3v) is 6.79. The predicted molar refractivity (Wildman–Crippen MR) is 111 cm³/mol. The van der Waals surface area contributed by atoms with Gasteiger partial charge in [-0.05, 0) is 56.8 Å². The number of carboxylic acids is 1. The number of carbonyl (C=O) groups is 2. The number of allylic oxidation sites excluding steroid dienone is 3. The summed E-state index contributed by atoms with van der Waals surface area (Å²) in [6, 6.07) is 9.76. The lowest BCUT2D eigenvalue weighted by Crippen LogP contribution is -2.31. The fourth-order valence-electron chi connectivity index (χ4n) is 3.51. The maximum Gasteiger partial charge on any atom is 0.195 e. The molecular formula is C20H10I2O5-2. The Morgan fingerprint density at radius 2 is 1.81 bits per heavy atom. The van der Waals surface area contributed by atoms with Crippen molar-refractivity contribution in [2.45, 2.75) is 5.92 Å². The number of carboxylic acid groups (broad SMARTS) is 1. The molecule has 0 spiro atoms. The monoisotopic (exact) mass is 584 g/mol. The fraction of sp³-hybridized carbons (Fsp3) is 0.100. The van der Waals surface area contributed by atoms with Crippen molar-refractivity contribution in [3.05, 3.63) is 78.1 Å². The number of halogens is 2. The first-order chi connectivity index (χ1) is 12.9. The van der Waals surface area contributed by atoms with Crippen LogP contribution < -0.4 is 14.9 Å². The molecule has 0 amide bonds. The molecule has 5 nitrogen and oxygen atoms in total. The zero-order chi connectivity index (χ0) is 19.3. The lowest BCUT2D eigenvalue weighted by atomic mass is 9.74. The van der Waals surface area contributed by atoms with Crippen molar-refractivity contribution in [2.24, 2.45) is 5.92 Å². The van der Waals surface area contributed by atoms with Crippen LogP contribution in [0.1, 0.15) is 27.4 Å². The highest BCUT2D eigenvalue weighted by molar-refractivity contribution is 14.1. The highest BCUT2D eigenvalue weighted by atomic mass is 127. The van der Waals surface area contributed by atoms with E-state index in [9.17, 15) is 19.8 Å². The molecule has 1 heterocycles. The van der Waals surface area contributed by atoms with Crippen molar-refractivity contribution in [1.29, 1.82) is 0 Å². The minimum absolute atomic E-state index is 0.0798. The first kappa shape index (κ1) is 18.5. The van der Waals surface area contributed by atoms with E-state index in [4.69, 9.17) is 4.74 Å². The molecule has 0 aromatic heterocycles. The van der Waals surface area contributed by atoms with E-state index in [-0.39, 0.29) is 23.0 Å². The Bertz CT molecular complexity index is 1050. The molecule has 0 N–H and O–H groups in total. The largest absolute Gasteiger partial charge is 0.872 e. The van der Waals surface area contributed by atoms with Crippen molar-refractivity contribution >= 4 is 56.9 Å². The highest BCUT2D eigenvalue weighted by Gasteiger charge is 2.40. The molecule has 0 radical (unpaired) electrons. The third-order valence-electron chi connectivity index (χ3n) is 4.70. The van der Waals surface area contributed by atoms with Gasteiger partial charge in [0.1, 0.15) is 11.5 Å². The SMILES string of the molecule is O=C1C=CC2C(=C1I)Oc1c(ccc([O-])c1I)C2c1ccccc1C(=O)[O-]. The van der Waals surface area contributed by atoms with Crippen molar-refractivity contribution < 1.29 is 24.5 Å². The van der Waals surface area contributed by atoms with Crippen LogP contribution in [0.4, 0.5) is 0 Å². The molecule has 2 aliphatic rings. The minimum atomic E-state index is -1.27. The van der Waals surface area contributed by atoms with Crippen LogP contribution in [0.2, 0.25) is 0 Å². The summed E-state index contributed by atoms with van der Waals surface area (Å²) in [5.41, 5.74) is 1.35. The number of hydrogen-bond acceptors (Lipinski definition) is 5. The molecule has 27 heavy (non-hydrogen) atoms. The Kier molecular flexibility index (Phi) is 4.75. The van der Waals surface area contributed by atoms with E-state index in [1.807, 2.05) is 45.2 Å². The maximum atomic E-state index is 12.1. The van der Waals surface area contributed by atoms with Gasteiger partial charge in [0.15, 0.2) is 5.78 Å². The molecule has 0 fully saturated rings. The van der Waals surface area contributed by atoms with Gasteiger partial charge in [0, 0.05) is 26.5 Å². The molecule has 136 valence electrons. The maximum absolute atomic E-state index is 12.1. The van der Waals surface area contributed by atoms with E-state index in [1.54, 1.807) is 30.3 Å². The number of aromatic carboxylic acids is 1. The average Bonchev–Trinajstić information content (AvgIpc) is 2.66. The minimum Gasteiger partial charge on any atom is -0.872 e. The summed E-state index contributed by atoms with van der Waals surface area (Å²) in [6.45, 7) is 0. The number of ether oxygens (including phenoxy) is 1. The summed E-state index contributed by atoms with van der Waals surface area (Å²) in [5.74, 6) is -1.58. The van der Waals surface area contributed by atoms with E-state index >= 15 is 0 Å². The number of hydrogen-bond donors (Lipinski definition) is 0. The molecule has 1 aliphatic heterocycles. The van der Waals surface area contributed by atoms with Crippen LogP contribution in [0.5, 0.6) is 11.5 Å². The van der Waals surface area contributed by atoms with Gasteiger partial charge in [0.2, 0.25) is 0 Å². The summed E-state index contributed by atoms with van der Waals surface area (Å²) in [6.07, 6.45) is 3.21. The molecule has 1 aliphatic carbocycles. The van der Waals surface area contributed by atoms with Crippen LogP contribution in [0.15, 0.2) is 57.9 Å². The number of fused-ring (bicyclic) bond motifs is 2. The summed E-state index contributed by atoms with van der Waals surface area (Å²) >= 11 is 3.85. The molecule has 2 unspecified atom stereocenters. The lowest BCUT2D eigenvalue weighted by molar-refractivity contribution is -0.269. The summed E-state index contributed by atoms with van der Waals surface area (Å²) < 4.78 is 6.84. The molecule has 2 atom stereocenters. The predicted octanol–water partition coefficient (Wildman–Crippen LogP) is 2.65. The van der Waals surface area contributed by atoms with Crippen molar-refractivity contribution in [3.63, 3.8) is 0 Å². The topological polar surface area (TPSA) is 89.5 Å². The van der Waals surface area contributed by atoms with Crippen LogP contribution >= 0.6 is 45.2 Å². The van der Waals surface area contributed by atoms with Crippen molar-refractivity contribution in [2.75, 3.05) is 0 Å². The van der Waals surface area contributed by atoms with Gasteiger partial charge >= 0.3 is 0 Å². The van der Waals surface area contributed by atoms with E-state index < -0.39 is 11.9 Å². The standard InChI is InChI=1S/C20H12I2O5/c21-16-13(23)7-5-11-15(9-3-1-2-4-10(9)20(25)26)12-6-8-14(24)17(22)19(12)27-18(11)16/h1-8,11,15,24H,(H,25,26)/p-2. The Hall–Kier alpha value is -1.88. The van der Waals surface area contributed by atoms with E-state index in [0.717, 1.165) is 0 Å². The number of ketones is 1. The molecule has 4 rings (SSSR count). The second-order valence-electron chi connectivity index (χ2n) is 6.18. The number of carbonyl (C=O) groups excluding carboxylic acids is 2. The smallest absolute Gasteiger partial charge is 0.195 e. The molecule has 7 heteroatoms. The van der Waals surface area contributed by atoms with Crippen molar-refractivity contribution in [3.8, 4) is 11.5 Å². The first-order valence-corrected chi connectivity index (χ1v) is 10.2. The number of benzene rings is 2. The van der Waals surface area contributed by atoms with Gasteiger partial charge in [-0.1, -0.05) is 48.2 Å². The second-order valence-corrected chi connectivity index (χ2v) is 8.34. The van der Waals surface area contributed by atoms with Crippen LogP contribution in [-0.2, 0) is 4.79 Å². The van der Waals surface area contributed by atoms with E-state index in [0.29, 0.717) is 29.8 Å². The average molecular weight is 584 g/mol. The van der Waals surface area contributed by atoms with Crippen LogP contribution in [-0.4, -0.2) is 11.8 Å². The molecule has 0 saturated carbocycles. The Labute approximate surface area is 182 Å². The van der Waals surface area contributed by atoms with E-state index in [1.165, 1.54) is 18.2 Å². The summed E-state index contributed by atoms with van der Waals surface area (Å²) in [7, 11) is 0. The quantitative estimate of drug-likeness (QED) is 0.507. The van der Waals surface area contributed by atoms with Crippen LogP contribution in [0.3, 0.4) is 0 Å². The molecular weight excluding hydrogens is 574 g/mol. The normalized spacial score (nSPS) is 20.7. The fourth-order valence-corrected chi connectivity index (χ4v) is 4.77. The number of rotatable bonds is 2. The zero-order valence-corrected chi connectivity index (χ0v) is 17.9.